The van der Waals surface area contributed by atoms with Crippen LogP contribution in [0.3, 0.4) is 0 Å². The Balaban J connectivity index is 1.14. The molecule has 2 bridgehead atoms. The van der Waals surface area contributed by atoms with Crippen molar-refractivity contribution in [1.29, 1.82) is 0 Å². The Morgan fingerprint density at radius 3 is 2.35 bits per heavy atom. The zero-order valence-corrected chi connectivity index (χ0v) is 26.0. The van der Waals surface area contributed by atoms with Gasteiger partial charge in [-0.25, -0.2) is 0 Å². The number of hydrogen-bond donors (Lipinski definition) is 1. The second-order valence-electron chi connectivity index (χ2n) is 14.2. The first-order chi connectivity index (χ1) is 19.0. The highest BCUT2D eigenvalue weighted by molar-refractivity contribution is 7.98. The molecule has 0 saturated heterocycles. The molecular formula is C35H48N2O2S. The van der Waals surface area contributed by atoms with Crippen LogP contribution in [0.1, 0.15) is 107 Å². The first-order valence-electron chi connectivity index (χ1n) is 15.4. The lowest BCUT2D eigenvalue weighted by molar-refractivity contribution is -0.112. The predicted octanol–water partition coefficient (Wildman–Crippen LogP) is 7.82. The topological polar surface area (TPSA) is 49.4 Å². The summed E-state index contributed by atoms with van der Waals surface area (Å²) in [5.74, 6) is 1.71. The van der Waals surface area contributed by atoms with Crippen LogP contribution in [0.5, 0.6) is 0 Å². The summed E-state index contributed by atoms with van der Waals surface area (Å²) in [6, 6.07) is 14.7. The van der Waals surface area contributed by atoms with Gasteiger partial charge in [-0.3, -0.25) is 4.79 Å². The number of thioether (sulfide) groups is 1. The molecule has 216 valence electrons. The third-order valence-electron chi connectivity index (χ3n) is 9.65. The van der Waals surface area contributed by atoms with Gasteiger partial charge in [0.1, 0.15) is 6.29 Å². The molecule has 2 aromatic rings. The Bertz CT molecular complexity index is 1210. The van der Waals surface area contributed by atoms with Gasteiger partial charge in [0, 0.05) is 28.3 Å². The summed E-state index contributed by atoms with van der Waals surface area (Å²) in [7, 11) is 0. The molecule has 5 rings (SSSR count). The van der Waals surface area contributed by atoms with Crippen LogP contribution < -0.4 is 5.32 Å². The van der Waals surface area contributed by atoms with Gasteiger partial charge >= 0.3 is 0 Å². The van der Waals surface area contributed by atoms with E-state index in [0.29, 0.717) is 23.8 Å². The summed E-state index contributed by atoms with van der Waals surface area (Å²) in [6.07, 6.45) is 10.3. The van der Waals surface area contributed by atoms with Crippen LogP contribution in [-0.4, -0.2) is 35.2 Å². The summed E-state index contributed by atoms with van der Waals surface area (Å²) in [5, 5.41) is 4.00. The Kier molecular flexibility index (Phi) is 8.55. The zero-order valence-electron chi connectivity index (χ0n) is 25.2. The number of hydrogen-bond acceptors (Lipinski definition) is 4. The highest BCUT2D eigenvalue weighted by Crippen LogP contribution is 2.59. The molecule has 1 heterocycles. The van der Waals surface area contributed by atoms with Crippen molar-refractivity contribution in [1.82, 2.24) is 10.2 Å². The number of rotatable bonds is 11. The molecule has 0 radical (unpaired) electrons. The molecule has 2 saturated carbocycles. The van der Waals surface area contributed by atoms with Crippen molar-refractivity contribution in [3.8, 4) is 0 Å². The lowest BCUT2D eigenvalue weighted by Crippen LogP contribution is -2.57. The lowest BCUT2D eigenvalue weighted by atomic mass is 9.50. The Morgan fingerprint density at radius 1 is 1.02 bits per heavy atom. The molecule has 2 aromatic carbocycles. The molecule has 1 N–H and O–H groups in total. The average molecular weight is 561 g/mol. The molecule has 1 aliphatic heterocycles. The first kappa shape index (κ1) is 29.4. The summed E-state index contributed by atoms with van der Waals surface area (Å²) < 4.78 is 0. The molecule has 3 unspecified atom stereocenters. The van der Waals surface area contributed by atoms with Crippen LogP contribution >= 0.6 is 11.8 Å². The molecule has 5 heteroatoms. The fourth-order valence-electron chi connectivity index (χ4n) is 9.06. The second kappa shape index (κ2) is 11.6. The lowest BCUT2D eigenvalue weighted by Gasteiger charge is -2.58. The first-order valence-corrected chi connectivity index (χ1v) is 16.4. The largest absolute Gasteiger partial charge is 0.324 e. The number of amides is 1. The fourth-order valence-corrected chi connectivity index (χ4v) is 10.1. The van der Waals surface area contributed by atoms with E-state index >= 15 is 0 Å². The highest BCUT2D eigenvalue weighted by atomic mass is 32.2. The molecule has 0 spiro atoms. The van der Waals surface area contributed by atoms with E-state index in [9.17, 15) is 9.59 Å². The fraction of sp³-hybridized carbons (Fsp3) is 0.600. The predicted molar refractivity (Wildman–Crippen MR) is 166 cm³/mol. The second-order valence-corrected chi connectivity index (χ2v) is 15.2. The summed E-state index contributed by atoms with van der Waals surface area (Å²) in [6.45, 7) is 13.6. The molecule has 40 heavy (non-hydrogen) atoms. The van der Waals surface area contributed by atoms with Crippen molar-refractivity contribution in [2.24, 2.45) is 16.7 Å². The van der Waals surface area contributed by atoms with E-state index in [2.05, 4.69) is 70.3 Å². The van der Waals surface area contributed by atoms with Gasteiger partial charge in [-0.15, -0.1) is 11.8 Å². The van der Waals surface area contributed by atoms with Crippen LogP contribution in [0.4, 0.5) is 0 Å². The van der Waals surface area contributed by atoms with Gasteiger partial charge in [-0.05, 0) is 104 Å². The molecule has 4 nitrogen and oxygen atoms in total. The molecule has 3 aliphatic rings. The van der Waals surface area contributed by atoms with E-state index in [4.69, 9.17) is 0 Å². The van der Waals surface area contributed by atoms with E-state index in [1.807, 2.05) is 12.1 Å². The maximum absolute atomic E-state index is 13.0. The molecule has 1 amide bonds. The number of nitrogens with zero attached hydrogens (tertiary/aromatic N) is 1. The minimum absolute atomic E-state index is 0.0102. The average Bonchev–Trinajstić information content (AvgIpc) is 3.21. The van der Waals surface area contributed by atoms with Gasteiger partial charge in [-0.2, -0.15) is 0 Å². The van der Waals surface area contributed by atoms with Gasteiger partial charge in [0.25, 0.3) is 5.91 Å². The number of benzene rings is 2. The van der Waals surface area contributed by atoms with Gasteiger partial charge in [0.2, 0.25) is 0 Å². The highest BCUT2D eigenvalue weighted by Gasteiger charge is 2.52. The van der Waals surface area contributed by atoms with Crippen molar-refractivity contribution < 1.29 is 9.59 Å². The number of aldehydes is 1. The third-order valence-corrected chi connectivity index (χ3v) is 10.8. The molecule has 2 fully saturated rings. The standard InChI is InChI=1S/C35H48N2O2S/c1-6-8-28(20-38)37-19-30-29(32(37)39)9-7-10-31(30)40-21-27-13-11-26(12-14-27)15-16-36-35(5)23-33(3)17-25(2)18-34(4,22-33)24-35/h7,9-14,20,25,28,36H,6,8,15-19,21-24H2,1-5H3. The summed E-state index contributed by atoms with van der Waals surface area (Å²) in [5.41, 5.74) is 5.67. The Hall–Kier alpha value is -2.11. The van der Waals surface area contributed by atoms with Crippen molar-refractivity contribution in [2.75, 3.05) is 6.54 Å². The maximum Gasteiger partial charge on any atom is 0.255 e. The number of fused-ring (bicyclic) bond motifs is 3. The Labute approximate surface area is 246 Å². The van der Waals surface area contributed by atoms with Crippen LogP contribution in [0, 0.1) is 16.7 Å². The minimum Gasteiger partial charge on any atom is -0.324 e. The normalized spacial score (nSPS) is 30.3. The van der Waals surface area contributed by atoms with E-state index in [1.54, 1.807) is 16.7 Å². The van der Waals surface area contributed by atoms with Crippen LogP contribution in [0.15, 0.2) is 47.4 Å². The third kappa shape index (κ3) is 6.36. The maximum atomic E-state index is 13.0. The van der Waals surface area contributed by atoms with E-state index in [-0.39, 0.29) is 17.5 Å². The minimum atomic E-state index is -0.333. The van der Waals surface area contributed by atoms with Gasteiger partial charge < -0.3 is 15.0 Å². The van der Waals surface area contributed by atoms with Crippen molar-refractivity contribution in [2.45, 2.75) is 115 Å². The number of nitrogens with one attached hydrogen (secondary N) is 1. The monoisotopic (exact) mass is 560 g/mol. The zero-order chi connectivity index (χ0) is 28.5. The van der Waals surface area contributed by atoms with Gasteiger partial charge in [0.05, 0.1) is 6.04 Å². The van der Waals surface area contributed by atoms with E-state index < -0.39 is 0 Å². The Morgan fingerprint density at radius 2 is 1.70 bits per heavy atom. The summed E-state index contributed by atoms with van der Waals surface area (Å²) in [4.78, 5) is 27.5. The van der Waals surface area contributed by atoms with Crippen LogP contribution in [0.25, 0.3) is 0 Å². The van der Waals surface area contributed by atoms with Crippen molar-refractivity contribution in [3.05, 3.63) is 64.7 Å². The molecule has 2 aliphatic carbocycles. The number of carbonyl (C=O) groups excluding carboxylic acids is 2. The molecular weight excluding hydrogens is 512 g/mol. The molecule has 3 atom stereocenters. The molecule has 0 aromatic heterocycles. The van der Waals surface area contributed by atoms with E-state index in [0.717, 1.165) is 53.4 Å². The van der Waals surface area contributed by atoms with Crippen LogP contribution in [-0.2, 0) is 23.5 Å². The van der Waals surface area contributed by atoms with Crippen molar-refractivity contribution in [3.63, 3.8) is 0 Å². The quantitative estimate of drug-likeness (QED) is 0.225. The SMILES string of the molecule is CCCC(C=O)N1Cc2c(SCc3ccc(CCNC4(C)CC5(C)CC(C)CC(C)(C5)C4)cc3)cccc2C1=O. The summed E-state index contributed by atoms with van der Waals surface area (Å²) >= 11 is 1.79. The smallest absolute Gasteiger partial charge is 0.255 e. The van der Waals surface area contributed by atoms with Crippen LogP contribution in [0.2, 0.25) is 0 Å². The van der Waals surface area contributed by atoms with Crippen molar-refractivity contribution >= 4 is 24.0 Å². The van der Waals surface area contributed by atoms with Gasteiger partial charge in [0.15, 0.2) is 0 Å². The number of carbonyl (C=O) groups is 2. The van der Waals surface area contributed by atoms with E-state index in [1.165, 1.54) is 43.2 Å². The van der Waals surface area contributed by atoms with Gasteiger partial charge in [-0.1, -0.05) is 64.4 Å².